The number of furan rings is 1. The van der Waals surface area contributed by atoms with Gasteiger partial charge >= 0.3 is 5.97 Å². The smallest absolute Gasteiger partial charge is 0.305 e. The van der Waals surface area contributed by atoms with Crippen molar-refractivity contribution in [3.63, 3.8) is 0 Å². The van der Waals surface area contributed by atoms with E-state index in [0.717, 1.165) is 11.8 Å². The number of aliphatic carboxylic acids is 1. The van der Waals surface area contributed by atoms with Crippen LogP contribution in [0.15, 0.2) is 39.7 Å². The Bertz CT molecular complexity index is 1030. The number of carboxylic acid groups (broad SMARTS) is 1. The normalized spacial score (nSPS) is 15.5. The van der Waals surface area contributed by atoms with E-state index in [-0.39, 0.29) is 33.9 Å². The lowest BCUT2D eigenvalue weighted by atomic mass is 10.1. The molecule has 2 aromatic rings. The molecule has 0 saturated carbocycles. The molecule has 0 unspecified atom stereocenters. The fourth-order valence-electron chi connectivity index (χ4n) is 2.42. The highest BCUT2D eigenvalue weighted by Crippen LogP contribution is 2.35. The summed E-state index contributed by atoms with van der Waals surface area (Å²) < 4.78 is 5.96. The first-order chi connectivity index (χ1) is 13.3. The molecule has 1 N–H and O–H groups in total. The van der Waals surface area contributed by atoms with Crippen LogP contribution in [0.25, 0.3) is 17.4 Å². The number of amides is 1. The van der Waals surface area contributed by atoms with Crippen molar-refractivity contribution in [2.45, 2.75) is 6.42 Å². The lowest BCUT2D eigenvalue weighted by Gasteiger charge is -2.12. The number of carbonyl (C=O) groups is 2. The fourth-order valence-corrected chi connectivity index (χ4v) is 3.98. The number of non-ortho nitro benzene ring substituents is 1. The molecule has 1 aliphatic rings. The molecular formula is C17H11ClN2O6S2. The molecule has 28 heavy (non-hydrogen) atoms. The summed E-state index contributed by atoms with van der Waals surface area (Å²) in [7, 11) is 0. The fraction of sp³-hybridized carbons (Fsp3) is 0.118. The minimum Gasteiger partial charge on any atom is -0.481 e. The number of nitro groups is 1. The Balaban J connectivity index is 1.81. The average molecular weight is 439 g/mol. The van der Waals surface area contributed by atoms with Gasteiger partial charge in [0.05, 0.1) is 21.3 Å². The molecule has 8 nitrogen and oxygen atoms in total. The molecule has 3 rings (SSSR count). The number of hydrogen-bond donors (Lipinski definition) is 1. The second-order valence-corrected chi connectivity index (χ2v) is 7.68. The van der Waals surface area contributed by atoms with Crippen molar-refractivity contribution in [1.29, 1.82) is 0 Å². The van der Waals surface area contributed by atoms with Gasteiger partial charge in [-0.05, 0) is 18.2 Å². The van der Waals surface area contributed by atoms with E-state index in [1.807, 2.05) is 0 Å². The number of nitro benzene ring substituents is 1. The predicted octanol–water partition coefficient (Wildman–Crippen LogP) is 4.18. The second-order valence-electron chi connectivity index (χ2n) is 5.60. The minimum absolute atomic E-state index is 0.000846. The van der Waals surface area contributed by atoms with E-state index >= 15 is 0 Å². The molecule has 2 heterocycles. The highest BCUT2D eigenvalue weighted by atomic mass is 35.5. The van der Waals surface area contributed by atoms with E-state index in [1.54, 1.807) is 12.1 Å². The third-order valence-electron chi connectivity index (χ3n) is 3.75. The van der Waals surface area contributed by atoms with Crippen LogP contribution in [0.3, 0.4) is 0 Å². The minimum atomic E-state index is -1.02. The molecule has 1 fully saturated rings. The molecule has 1 aliphatic heterocycles. The summed E-state index contributed by atoms with van der Waals surface area (Å²) in [5.41, 5.74) is 0.339. The molecule has 1 amide bonds. The number of carboxylic acids is 1. The van der Waals surface area contributed by atoms with E-state index in [1.165, 1.54) is 29.2 Å². The molecule has 0 spiro atoms. The number of hydrogen-bond acceptors (Lipinski definition) is 7. The topological polar surface area (TPSA) is 114 Å². The van der Waals surface area contributed by atoms with Crippen molar-refractivity contribution >= 4 is 63.5 Å². The van der Waals surface area contributed by atoms with Crippen LogP contribution < -0.4 is 0 Å². The standard InChI is InChI=1S/C17H11ClN2O6S2/c18-12-7-9(20(24)25)1-3-11(12)13-4-2-10(26-13)8-14-16(23)19(17(27)28-14)6-5-15(21)22/h1-4,7-8H,5-6H2,(H,21,22)/b14-8-. The Labute approximate surface area is 172 Å². The number of rotatable bonds is 6. The highest BCUT2D eigenvalue weighted by molar-refractivity contribution is 8.26. The van der Waals surface area contributed by atoms with Crippen molar-refractivity contribution in [3.05, 3.63) is 56.1 Å². The van der Waals surface area contributed by atoms with Gasteiger partial charge in [0.25, 0.3) is 11.6 Å². The largest absolute Gasteiger partial charge is 0.481 e. The third-order valence-corrected chi connectivity index (χ3v) is 5.44. The summed E-state index contributed by atoms with van der Waals surface area (Å²) in [5, 5.41) is 19.7. The van der Waals surface area contributed by atoms with Crippen molar-refractivity contribution in [1.82, 2.24) is 4.90 Å². The first-order valence-corrected chi connectivity index (χ1v) is 9.38. The summed E-state index contributed by atoms with van der Waals surface area (Å²) in [6.45, 7) is -0.000846. The summed E-state index contributed by atoms with van der Waals surface area (Å²) in [5.74, 6) is -0.660. The third kappa shape index (κ3) is 4.24. The van der Waals surface area contributed by atoms with Gasteiger partial charge in [-0.3, -0.25) is 24.6 Å². The van der Waals surface area contributed by atoms with Gasteiger partial charge in [-0.15, -0.1) is 0 Å². The van der Waals surface area contributed by atoms with Gasteiger partial charge in [0.2, 0.25) is 0 Å². The van der Waals surface area contributed by atoms with Gasteiger partial charge in [0.15, 0.2) is 0 Å². The lowest BCUT2D eigenvalue weighted by molar-refractivity contribution is -0.384. The van der Waals surface area contributed by atoms with Crippen LogP contribution in [0.4, 0.5) is 5.69 Å². The zero-order valence-corrected chi connectivity index (χ0v) is 16.3. The number of carbonyl (C=O) groups excluding carboxylic acids is 1. The summed E-state index contributed by atoms with van der Waals surface area (Å²) in [6, 6.07) is 7.28. The summed E-state index contributed by atoms with van der Waals surface area (Å²) in [6.07, 6.45) is 1.30. The first kappa shape index (κ1) is 20.1. The average Bonchev–Trinajstić information content (AvgIpc) is 3.18. The number of nitrogens with zero attached hydrogens (tertiary/aromatic N) is 2. The molecule has 0 aliphatic carbocycles. The zero-order valence-electron chi connectivity index (χ0n) is 14.0. The SMILES string of the molecule is O=C(O)CCN1C(=O)/C(=C/c2ccc(-c3ccc([N+](=O)[O-])cc3Cl)o2)SC1=S. The number of thioether (sulfide) groups is 1. The molecule has 1 saturated heterocycles. The first-order valence-electron chi connectivity index (χ1n) is 7.77. The van der Waals surface area contributed by atoms with E-state index < -0.39 is 10.9 Å². The molecular weight excluding hydrogens is 428 g/mol. The van der Waals surface area contributed by atoms with Crippen LogP contribution in [-0.4, -0.2) is 37.7 Å². The van der Waals surface area contributed by atoms with Gasteiger partial charge in [0.1, 0.15) is 15.8 Å². The lowest BCUT2D eigenvalue weighted by Crippen LogP contribution is -2.30. The summed E-state index contributed by atoms with van der Waals surface area (Å²) in [4.78, 5) is 34.9. The quantitative estimate of drug-likeness (QED) is 0.309. The Morgan fingerprint density at radius 1 is 1.39 bits per heavy atom. The van der Waals surface area contributed by atoms with Gasteiger partial charge < -0.3 is 9.52 Å². The highest BCUT2D eigenvalue weighted by Gasteiger charge is 2.32. The molecule has 0 bridgehead atoms. The van der Waals surface area contributed by atoms with Crippen LogP contribution in [0.1, 0.15) is 12.2 Å². The van der Waals surface area contributed by atoms with Gasteiger partial charge in [-0.25, -0.2) is 0 Å². The maximum atomic E-state index is 12.4. The molecule has 1 aromatic heterocycles. The molecule has 11 heteroatoms. The maximum Gasteiger partial charge on any atom is 0.305 e. The van der Waals surface area contributed by atoms with Gasteiger partial charge in [-0.1, -0.05) is 35.6 Å². The van der Waals surface area contributed by atoms with E-state index in [9.17, 15) is 19.7 Å². The van der Waals surface area contributed by atoms with Crippen molar-refractivity contribution in [2.75, 3.05) is 6.54 Å². The number of thiocarbonyl (C=S) groups is 1. The Kier molecular flexibility index (Phi) is 5.82. The summed E-state index contributed by atoms with van der Waals surface area (Å²) >= 11 is 12.3. The van der Waals surface area contributed by atoms with E-state index in [0.29, 0.717) is 22.0 Å². The van der Waals surface area contributed by atoms with Crippen LogP contribution in [-0.2, 0) is 9.59 Å². The van der Waals surface area contributed by atoms with Crippen LogP contribution >= 0.6 is 35.6 Å². The maximum absolute atomic E-state index is 12.4. The molecule has 1 aromatic carbocycles. The molecule has 0 atom stereocenters. The van der Waals surface area contributed by atoms with Gasteiger partial charge in [0, 0.05) is 30.3 Å². The molecule has 0 radical (unpaired) electrons. The van der Waals surface area contributed by atoms with E-state index in [2.05, 4.69) is 0 Å². The molecule has 144 valence electrons. The van der Waals surface area contributed by atoms with Crippen molar-refractivity contribution < 1.29 is 24.0 Å². The van der Waals surface area contributed by atoms with Crippen LogP contribution in [0, 0.1) is 10.1 Å². The van der Waals surface area contributed by atoms with Gasteiger partial charge in [-0.2, -0.15) is 0 Å². The second kappa shape index (κ2) is 8.13. The Morgan fingerprint density at radius 3 is 2.79 bits per heavy atom. The van der Waals surface area contributed by atoms with Crippen LogP contribution in [0.5, 0.6) is 0 Å². The zero-order chi connectivity index (χ0) is 20.4. The monoisotopic (exact) mass is 438 g/mol. The van der Waals surface area contributed by atoms with E-state index in [4.69, 9.17) is 33.3 Å². The van der Waals surface area contributed by atoms with Crippen LogP contribution in [0.2, 0.25) is 5.02 Å². The number of benzene rings is 1. The number of halogens is 1. The van der Waals surface area contributed by atoms with Crippen molar-refractivity contribution in [3.8, 4) is 11.3 Å². The Morgan fingerprint density at radius 2 is 2.14 bits per heavy atom. The Hall–Kier alpha value is -2.69. The van der Waals surface area contributed by atoms with Crippen molar-refractivity contribution in [2.24, 2.45) is 0 Å². The predicted molar refractivity (Wildman–Crippen MR) is 108 cm³/mol.